The smallest absolute Gasteiger partial charge is 0.247 e. The summed E-state index contributed by atoms with van der Waals surface area (Å²) in [4.78, 5) is 39.1. The molecule has 0 saturated carbocycles. The molecule has 0 unspecified atom stereocenters. The third-order valence-electron chi connectivity index (χ3n) is 5.14. The molecule has 1 heterocycles. The molecule has 25 heavy (non-hydrogen) atoms. The van der Waals surface area contributed by atoms with Crippen LogP contribution in [0.3, 0.4) is 0 Å². The monoisotopic (exact) mass is 347 g/mol. The summed E-state index contributed by atoms with van der Waals surface area (Å²) in [5.41, 5.74) is 3.89. The summed E-state index contributed by atoms with van der Waals surface area (Å²) in [6.45, 7) is 1.12. The zero-order valence-corrected chi connectivity index (χ0v) is 14.6. The summed E-state index contributed by atoms with van der Waals surface area (Å²) in [7, 11) is 1.45. The van der Waals surface area contributed by atoms with Gasteiger partial charge in [-0.1, -0.05) is 37.3 Å². The quantitative estimate of drug-likeness (QED) is 0.592. The Morgan fingerprint density at radius 1 is 1.24 bits per heavy atom. The van der Waals surface area contributed by atoms with E-state index in [0.717, 1.165) is 10.5 Å². The van der Waals surface area contributed by atoms with Crippen LogP contribution in [-0.2, 0) is 20.8 Å². The number of hydrogen-bond donors (Lipinski definition) is 3. The third kappa shape index (κ3) is 3.05. The highest BCUT2D eigenvalue weighted by Crippen LogP contribution is 2.41. The number of nitrogens with two attached hydrogens (primary N) is 1. The summed E-state index contributed by atoms with van der Waals surface area (Å²) in [5.74, 6) is -1.35. The van der Waals surface area contributed by atoms with E-state index < -0.39 is 35.3 Å². The van der Waals surface area contributed by atoms with Gasteiger partial charge < -0.3 is 16.2 Å². The normalized spacial score (nSPS) is 19.4. The van der Waals surface area contributed by atoms with E-state index in [1.807, 2.05) is 30.3 Å². The molecule has 0 aliphatic carbocycles. The van der Waals surface area contributed by atoms with Crippen molar-refractivity contribution in [2.45, 2.75) is 31.7 Å². The van der Waals surface area contributed by atoms with Crippen molar-refractivity contribution in [3.63, 3.8) is 0 Å². The van der Waals surface area contributed by atoms with Gasteiger partial charge in [-0.25, -0.2) is 0 Å². The van der Waals surface area contributed by atoms with Crippen LogP contribution in [0.5, 0.6) is 0 Å². The zero-order chi connectivity index (χ0) is 18.7. The maximum Gasteiger partial charge on any atom is 0.247 e. The molecule has 0 spiro atoms. The predicted octanol–water partition coefficient (Wildman–Crippen LogP) is -0.180. The van der Waals surface area contributed by atoms with Crippen molar-refractivity contribution in [2.24, 2.45) is 11.1 Å². The highest BCUT2D eigenvalue weighted by Gasteiger charge is 2.61. The molecule has 4 N–H and O–H groups in total. The fourth-order valence-electron chi connectivity index (χ4n) is 3.48. The van der Waals surface area contributed by atoms with Crippen LogP contribution in [0.2, 0.25) is 0 Å². The molecule has 1 saturated heterocycles. The molecule has 2 atom stereocenters. The minimum atomic E-state index is -1.60. The first-order valence-electron chi connectivity index (χ1n) is 8.29. The van der Waals surface area contributed by atoms with E-state index in [-0.39, 0.29) is 25.8 Å². The Labute approximate surface area is 147 Å². The Morgan fingerprint density at radius 3 is 2.24 bits per heavy atom. The molecule has 0 radical (unpaired) electrons. The molecule has 1 aliphatic heterocycles. The number of likely N-dealkylation sites (tertiary alicyclic amines) is 1. The molecule has 1 fully saturated rings. The lowest BCUT2D eigenvalue weighted by molar-refractivity contribution is -0.164. The van der Waals surface area contributed by atoms with Crippen LogP contribution in [0, 0.1) is 5.41 Å². The number of aliphatic hydroxyl groups excluding tert-OH is 1. The summed E-state index contributed by atoms with van der Waals surface area (Å²) >= 11 is 0. The Hall–Kier alpha value is -2.25. The van der Waals surface area contributed by atoms with Crippen LogP contribution in [0.15, 0.2) is 30.3 Å². The molecule has 0 bridgehead atoms. The number of hydrogen-bond acceptors (Lipinski definition) is 5. The summed E-state index contributed by atoms with van der Waals surface area (Å²) < 4.78 is 0. The van der Waals surface area contributed by atoms with Gasteiger partial charge in [-0.15, -0.1) is 0 Å². The van der Waals surface area contributed by atoms with Crippen molar-refractivity contribution in [2.75, 3.05) is 20.2 Å². The molecule has 0 aromatic heterocycles. The van der Waals surface area contributed by atoms with Gasteiger partial charge in [0.1, 0.15) is 5.54 Å². The number of aliphatic hydroxyl groups is 1. The maximum atomic E-state index is 13.1. The number of amides is 3. The van der Waals surface area contributed by atoms with E-state index in [2.05, 4.69) is 5.32 Å². The van der Waals surface area contributed by atoms with Gasteiger partial charge >= 0.3 is 0 Å². The summed E-state index contributed by atoms with van der Waals surface area (Å²) in [5, 5.41) is 12.6. The highest BCUT2D eigenvalue weighted by molar-refractivity contribution is 6.07. The molecular formula is C18H25N3O4. The first-order chi connectivity index (χ1) is 11.9. The lowest BCUT2D eigenvalue weighted by atomic mass is 9.66. The Kier molecular flexibility index (Phi) is 5.59. The average Bonchev–Trinajstić information content (AvgIpc) is 2.98. The van der Waals surface area contributed by atoms with Crippen LogP contribution < -0.4 is 11.1 Å². The second-order valence-electron chi connectivity index (χ2n) is 6.65. The van der Waals surface area contributed by atoms with E-state index in [9.17, 15) is 19.5 Å². The summed E-state index contributed by atoms with van der Waals surface area (Å²) in [6.07, 6.45) is 0.191. The zero-order valence-electron chi connectivity index (χ0n) is 14.6. The van der Waals surface area contributed by atoms with Crippen LogP contribution in [0.25, 0.3) is 0 Å². The van der Waals surface area contributed by atoms with Crippen molar-refractivity contribution in [3.8, 4) is 0 Å². The highest BCUT2D eigenvalue weighted by atomic mass is 16.3. The molecule has 7 heteroatoms. The molecule has 136 valence electrons. The first-order valence-corrected chi connectivity index (χ1v) is 8.29. The van der Waals surface area contributed by atoms with Crippen molar-refractivity contribution in [3.05, 3.63) is 35.9 Å². The van der Waals surface area contributed by atoms with Crippen molar-refractivity contribution >= 4 is 17.7 Å². The van der Waals surface area contributed by atoms with Gasteiger partial charge in [0.05, 0.1) is 6.61 Å². The fourth-order valence-corrected chi connectivity index (χ4v) is 3.48. The minimum Gasteiger partial charge on any atom is -0.396 e. The van der Waals surface area contributed by atoms with Crippen LogP contribution in [0.4, 0.5) is 0 Å². The van der Waals surface area contributed by atoms with Gasteiger partial charge in [-0.2, -0.15) is 0 Å². The number of likely N-dealkylation sites (N-methyl/N-ethyl adjacent to an activating group) is 1. The molecule has 1 aliphatic rings. The lowest BCUT2D eigenvalue weighted by Gasteiger charge is -2.50. The lowest BCUT2D eigenvalue weighted by Crippen LogP contribution is -2.72. The SMILES string of the molecule is CNC(=O)[C@](Cc1ccccc1)(N1C(=O)CCC1=O)[C@@](C)(CN)CO. The third-order valence-corrected chi connectivity index (χ3v) is 5.14. The first kappa shape index (κ1) is 19.1. The van der Waals surface area contributed by atoms with Crippen molar-refractivity contribution < 1.29 is 19.5 Å². The molecule has 3 amide bonds. The van der Waals surface area contributed by atoms with E-state index in [1.54, 1.807) is 6.92 Å². The van der Waals surface area contributed by atoms with E-state index in [0.29, 0.717) is 0 Å². The number of rotatable bonds is 7. The predicted molar refractivity (Wildman–Crippen MR) is 92.3 cm³/mol. The Bertz CT molecular complexity index is 642. The average molecular weight is 347 g/mol. The van der Waals surface area contributed by atoms with Gasteiger partial charge in [0.25, 0.3) is 0 Å². The summed E-state index contributed by atoms with van der Waals surface area (Å²) in [6, 6.07) is 9.10. The van der Waals surface area contributed by atoms with Gasteiger partial charge in [0.15, 0.2) is 0 Å². The van der Waals surface area contributed by atoms with Crippen LogP contribution >= 0.6 is 0 Å². The van der Waals surface area contributed by atoms with Crippen molar-refractivity contribution in [1.29, 1.82) is 0 Å². The second-order valence-corrected chi connectivity index (χ2v) is 6.65. The second kappa shape index (κ2) is 7.33. The topological polar surface area (TPSA) is 113 Å². The number of carbonyl (C=O) groups excluding carboxylic acids is 3. The van der Waals surface area contributed by atoms with Gasteiger partial charge in [0, 0.05) is 38.3 Å². The number of nitrogens with one attached hydrogen (secondary N) is 1. The van der Waals surface area contributed by atoms with E-state index in [1.165, 1.54) is 7.05 Å². The number of imide groups is 1. The number of carbonyl (C=O) groups is 3. The van der Waals surface area contributed by atoms with E-state index >= 15 is 0 Å². The maximum absolute atomic E-state index is 13.1. The number of benzene rings is 1. The van der Waals surface area contributed by atoms with Gasteiger partial charge in [0.2, 0.25) is 17.7 Å². The van der Waals surface area contributed by atoms with Crippen LogP contribution in [-0.4, -0.2) is 53.5 Å². The van der Waals surface area contributed by atoms with E-state index in [4.69, 9.17) is 5.73 Å². The largest absolute Gasteiger partial charge is 0.396 e. The molecule has 7 nitrogen and oxygen atoms in total. The van der Waals surface area contributed by atoms with Gasteiger partial charge in [-0.05, 0) is 5.56 Å². The van der Waals surface area contributed by atoms with Crippen molar-refractivity contribution in [1.82, 2.24) is 10.2 Å². The minimum absolute atomic E-state index is 0.0540. The Balaban J connectivity index is 2.71. The standard InChI is InChI=1S/C18H25N3O4/c1-17(11-19,12-22)18(16(25)20-2,10-13-6-4-3-5-7-13)21-14(23)8-9-15(21)24/h3-7,22H,8-12,19H2,1-2H3,(H,20,25)/t17-,18-/m0/s1. The molecule has 2 rings (SSSR count). The fraction of sp³-hybridized carbons (Fsp3) is 0.500. The van der Waals surface area contributed by atoms with Crippen LogP contribution in [0.1, 0.15) is 25.3 Å². The van der Waals surface area contributed by atoms with Gasteiger partial charge in [-0.3, -0.25) is 19.3 Å². The Morgan fingerprint density at radius 2 is 1.80 bits per heavy atom. The number of nitrogens with zero attached hydrogens (tertiary/aromatic N) is 1. The molecule has 1 aromatic rings. The molecular weight excluding hydrogens is 322 g/mol. The molecule has 1 aromatic carbocycles.